The van der Waals surface area contributed by atoms with Crippen molar-refractivity contribution in [3.8, 4) is 0 Å². The fourth-order valence-electron chi connectivity index (χ4n) is 1.46. The Balaban J connectivity index is 2.16. The molecule has 0 spiro atoms. The Morgan fingerprint density at radius 3 is 2.68 bits per heavy atom. The lowest BCUT2D eigenvalue weighted by atomic mass is 10.3. The summed E-state index contributed by atoms with van der Waals surface area (Å²) >= 11 is 5.95. The van der Waals surface area contributed by atoms with Crippen LogP contribution < -0.4 is 4.72 Å². The Hall–Kier alpha value is -0.250. The van der Waals surface area contributed by atoms with E-state index in [0.717, 1.165) is 26.3 Å². The minimum Gasteiger partial charge on any atom is -0.391 e. The van der Waals surface area contributed by atoms with E-state index in [4.69, 9.17) is 5.11 Å². The molecule has 0 saturated carbocycles. The molecule has 8 heteroatoms. The molecular formula is C11H12BrNO3S3. The summed E-state index contributed by atoms with van der Waals surface area (Å²) in [5.74, 6) is 0. The highest BCUT2D eigenvalue weighted by atomic mass is 79.9. The van der Waals surface area contributed by atoms with Crippen molar-refractivity contribution in [1.29, 1.82) is 0 Å². The number of sulfonamides is 1. The van der Waals surface area contributed by atoms with Gasteiger partial charge in [0.05, 0.1) is 6.61 Å². The molecule has 2 N–H and O–H groups in total. The van der Waals surface area contributed by atoms with Gasteiger partial charge in [-0.3, -0.25) is 0 Å². The lowest BCUT2D eigenvalue weighted by molar-refractivity contribution is 0.285. The molecule has 0 amide bonds. The molecule has 0 radical (unpaired) electrons. The predicted octanol–water partition coefficient (Wildman–Crippen LogP) is 2.85. The van der Waals surface area contributed by atoms with Crippen LogP contribution in [0.3, 0.4) is 0 Å². The van der Waals surface area contributed by atoms with Crippen LogP contribution >= 0.6 is 38.6 Å². The molecule has 0 bridgehead atoms. The maximum Gasteiger partial charge on any atom is 0.250 e. The molecule has 2 aromatic rings. The van der Waals surface area contributed by atoms with Crippen LogP contribution in [0.25, 0.3) is 0 Å². The van der Waals surface area contributed by atoms with Crippen LogP contribution in [-0.4, -0.2) is 13.5 Å². The molecule has 0 aromatic carbocycles. The molecule has 2 rings (SSSR count). The first-order chi connectivity index (χ1) is 8.94. The minimum atomic E-state index is -3.52. The zero-order valence-corrected chi connectivity index (χ0v) is 14.0. The molecule has 0 fully saturated rings. The second-order valence-electron chi connectivity index (χ2n) is 3.85. The SMILES string of the molecule is Cc1cc(S(=O)(=O)NCc2sccc2Br)sc1CO. The van der Waals surface area contributed by atoms with Crippen LogP contribution in [-0.2, 0) is 23.2 Å². The normalized spacial score (nSPS) is 11.9. The van der Waals surface area contributed by atoms with Crippen LogP contribution in [0.4, 0.5) is 0 Å². The van der Waals surface area contributed by atoms with Gasteiger partial charge in [0.25, 0.3) is 0 Å². The zero-order valence-electron chi connectivity index (χ0n) is 10.0. The number of nitrogens with one attached hydrogen (secondary N) is 1. The van der Waals surface area contributed by atoms with Crippen molar-refractivity contribution in [2.75, 3.05) is 0 Å². The van der Waals surface area contributed by atoms with Crippen molar-refractivity contribution >= 4 is 48.6 Å². The summed E-state index contributed by atoms with van der Waals surface area (Å²) in [4.78, 5) is 1.61. The van der Waals surface area contributed by atoms with Crippen molar-refractivity contribution in [3.05, 3.63) is 37.3 Å². The summed E-state index contributed by atoms with van der Waals surface area (Å²) in [7, 11) is -3.52. The molecule has 0 aliphatic heterocycles. The van der Waals surface area contributed by atoms with Gasteiger partial charge in [0.1, 0.15) is 4.21 Å². The van der Waals surface area contributed by atoms with Crippen molar-refractivity contribution in [3.63, 3.8) is 0 Å². The smallest absolute Gasteiger partial charge is 0.250 e. The van der Waals surface area contributed by atoms with E-state index in [2.05, 4.69) is 20.7 Å². The van der Waals surface area contributed by atoms with E-state index in [1.54, 1.807) is 13.0 Å². The third-order valence-corrected chi connectivity index (χ3v) is 7.54. The Morgan fingerprint density at radius 1 is 1.42 bits per heavy atom. The van der Waals surface area contributed by atoms with Gasteiger partial charge in [-0.25, -0.2) is 13.1 Å². The molecule has 19 heavy (non-hydrogen) atoms. The predicted molar refractivity (Wildman–Crippen MR) is 81.0 cm³/mol. The van der Waals surface area contributed by atoms with E-state index in [-0.39, 0.29) is 17.4 Å². The van der Waals surface area contributed by atoms with Gasteiger partial charge < -0.3 is 5.11 Å². The number of rotatable bonds is 5. The van der Waals surface area contributed by atoms with E-state index in [1.807, 2.05) is 11.4 Å². The van der Waals surface area contributed by atoms with E-state index in [9.17, 15) is 8.42 Å². The van der Waals surface area contributed by atoms with Crippen molar-refractivity contribution < 1.29 is 13.5 Å². The quantitative estimate of drug-likeness (QED) is 0.836. The molecule has 0 atom stereocenters. The van der Waals surface area contributed by atoms with E-state index in [0.29, 0.717) is 4.88 Å². The zero-order chi connectivity index (χ0) is 14.0. The highest BCUT2D eigenvalue weighted by Crippen LogP contribution is 2.27. The molecule has 104 valence electrons. The van der Waals surface area contributed by atoms with Gasteiger partial charge in [0, 0.05) is 20.8 Å². The maximum atomic E-state index is 12.1. The topological polar surface area (TPSA) is 66.4 Å². The van der Waals surface area contributed by atoms with Crippen molar-refractivity contribution in [2.24, 2.45) is 0 Å². The van der Waals surface area contributed by atoms with Gasteiger partial charge in [-0.15, -0.1) is 22.7 Å². The minimum absolute atomic E-state index is 0.136. The van der Waals surface area contributed by atoms with Gasteiger partial charge >= 0.3 is 0 Å². The first kappa shape index (κ1) is 15.1. The number of halogens is 1. The average Bonchev–Trinajstić information content (AvgIpc) is 2.93. The molecule has 0 unspecified atom stereocenters. The van der Waals surface area contributed by atoms with Crippen LogP contribution in [0.15, 0.2) is 26.2 Å². The highest BCUT2D eigenvalue weighted by Gasteiger charge is 2.19. The van der Waals surface area contributed by atoms with Crippen molar-refractivity contribution in [1.82, 2.24) is 4.72 Å². The van der Waals surface area contributed by atoms with Gasteiger partial charge in [-0.1, -0.05) is 0 Å². The van der Waals surface area contributed by atoms with E-state index < -0.39 is 10.0 Å². The fraction of sp³-hybridized carbons (Fsp3) is 0.273. The Bertz CT molecular complexity index is 675. The van der Waals surface area contributed by atoms with Gasteiger partial charge in [0.15, 0.2) is 0 Å². The standard InChI is InChI=1S/C11H12BrNO3S3/c1-7-4-11(18-10(7)6-14)19(15,16)13-5-9-8(12)2-3-17-9/h2-4,13-14H,5-6H2,1H3. The average molecular weight is 382 g/mol. The van der Waals surface area contributed by atoms with Gasteiger partial charge in [-0.2, -0.15) is 0 Å². The Kier molecular flexibility index (Phi) is 4.80. The third kappa shape index (κ3) is 3.45. The maximum absolute atomic E-state index is 12.1. The lowest BCUT2D eigenvalue weighted by Crippen LogP contribution is -2.22. The Morgan fingerprint density at radius 2 is 2.16 bits per heavy atom. The van der Waals surface area contributed by atoms with Crippen LogP contribution in [0.1, 0.15) is 15.3 Å². The number of aliphatic hydroxyl groups is 1. The van der Waals surface area contributed by atoms with Crippen LogP contribution in [0.2, 0.25) is 0 Å². The molecule has 0 aliphatic rings. The second kappa shape index (κ2) is 6.02. The number of aryl methyl sites for hydroxylation is 1. The molecular weight excluding hydrogens is 370 g/mol. The highest BCUT2D eigenvalue weighted by molar-refractivity contribution is 9.10. The second-order valence-corrected chi connectivity index (χ2v) is 8.83. The molecule has 2 heterocycles. The van der Waals surface area contributed by atoms with E-state index >= 15 is 0 Å². The fourth-order valence-corrected chi connectivity index (χ4v) is 5.47. The van der Waals surface area contributed by atoms with Crippen LogP contribution in [0.5, 0.6) is 0 Å². The van der Waals surface area contributed by atoms with Gasteiger partial charge in [-0.05, 0) is 45.9 Å². The lowest BCUT2D eigenvalue weighted by Gasteiger charge is -2.03. The monoisotopic (exact) mass is 381 g/mol. The third-order valence-electron chi connectivity index (χ3n) is 2.52. The number of hydrogen-bond acceptors (Lipinski definition) is 5. The summed E-state index contributed by atoms with van der Waals surface area (Å²) in [6.45, 7) is 1.91. The summed E-state index contributed by atoms with van der Waals surface area (Å²) in [6, 6.07) is 3.47. The summed E-state index contributed by atoms with van der Waals surface area (Å²) in [5, 5.41) is 11.0. The summed E-state index contributed by atoms with van der Waals surface area (Å²) < 4.78 is 28.0. The molecule has 0 saturated heterocycles. The summed E-state index contributed by atoms with van der Waals surface area (Å²) in [6.07, 6.45) is 0. The molecule has 2 aromatic heterocycles. The summed E-state index contributed by atoms with van der Waals surface area (Å²) in [5.41, 5.74) is 0.796. The molecule has 4 nitrogen and oxygen atoms in total. The first-order valence-electron chi connectivity index (χ1n) is 5.35. The number of thiophene rings is 2. The number of hydrogen-bond donors (Lipinski definition) is 2. The van der Waals surface area contributed by atoms with Gasteiger partial charge in [0.2, 0.25) is 10.0 Å². The van der Waals surface area contributed by atoms with E-state index in [1.165, 1.54) is 11.3 Å². The Labute approximate surface area is 128 Å². The van der Waals surface area contributed by atoms with Crippen molar-refractivity contribution in [2.45, 2.75) is 24.3 Å². The molecule has 0 aliphatic carbocycles. The largest absolute Gasteiger partial charge is 0.391 e. The van der Waals surface area contributed by atoms with Crippen LogP contribution in [0, 0.1) is 6.92 Å². The first-order valence-corrected chi connectivity index (χ1v) is 9.33. The number of aliphatic hydroxyl groups excluding tert-OH is 1.